The van der Waals surface area contributed by atoms with E-state index in [1.807, 2.05) is 48.7 Å². The minimum atomic E-state index is -0.345. The van der Waals surface area contributed by atoms with Crippen molar-refractivity contribution in [3.8, 4) is 5.69 Å². The van der Waals surface area contributed by atoms with E-state index in [9.17, 15) is 9.59 Å². The summed E-state index contributed by atoms with van der Waals surface area (Å²) in [5, 5.41) is 4.11. The summed E-state index contributed by atoms with van der Waals surface area (Å²) in [7, 11) is 0. The molecule has 3 rings (SSSR count). The molecule has 1 amide bonds. The van der Waals surface area contributed by atoms with Crippen LogP contribution in [0.4, 0.5) is 0 Å². The van der Waals surface area contributed by atoms with Crippen LogP contribution in [0, 0.1) is 17.4 Å². The third-order valence-electron chi connectivity index (χ3n) is 4.56. The van der Waals surface area contributed by atoms with Gasteiger partial charge in [-0.1, -0.05) is 6.07 Å². The summed E-state index contributed by atoms with van der Waals surface area (Å²) in [6, 6.07) is 16.5. The van der Waals surface area contributed by atoms with Crippen molar-refractivity contribution in [3.63, 3.8) is 0 Å². The van der Waals surface area contributed by atoms with Gasteiger partial charge in [-0.2, -0.15) is 5.10 Å². The highest BCUT2D eigenvalue weighted by atomic mass is 127. The maximum absolute atomic E-state index is 12.2. The van der Waals surface area contributed by atoms with Crippen LogP contribution in [0.25, 0.3) is 5.69 Å². The Morgan fingerprint density at radius 1 is 1.10 bits per heavy atom. The van der Waals surface area contributed by atoms with Gasteiger partial charge in [-0.05, 0) is 91.9 Å². The Morgan fingerprint density at radius 3 is 2.53 bits per heavy atom. The molecule has 2 aromatic carbocycles. The number of carbonyl (C=O) groups excluding carboxylic acids is 2. The van der Waals surface area contributed by atoms with Crippen LogP contribution in [0.1, 0.15) is 44.6 Å². The lowest BCUT2D eigenvalue weighted by atomic mass is 10.2. The number of rotatable bonds is 6. The van der Waals surface area contributed by atoms with Crippen LogP contribution in [-0.2, 0) is 4.74 Å². The Hall–Kier alpha value is -2.94. The second kappa shape index (κ2) is 9.71. The van der Waals surface area contributed by atoms with Crippen LogP contribution in [0.15, 0.2) is 59.7 Å². The molecule has 0 aliphatic rings. The maximum atomic E-state index is 12.2. The molecule has 0 saturated heterocycles. The fourth-order valence-electron chi connectivity index (χ4n) is 3.13. The standard InChI is InChI=1S/C23H22IN3O3/c1-4-30-23(29)18-6-5-7-21(13-18)27-15(2)12-19(16(27)3)14-25-26-22(28)17-8-10-20(24)11-9-17/h5-14H,4H2,1-3H3,(H,26,28)/b25-14-. The normalized spacial score (nSPS) is 10.9. The summed E-state index contributed by atoms with van der Waals surface area (Å²) in [6.45, 7) is 6.06. The Balaban J connectivity index is 1.79. The molecule has 154 valence electrons. The van der Waals surface area contributed by atoms with E-state index in [4.69, 9.17) is 4.74 Å². The van der Waals surface area contributed by atoms with E-state index in [1.165, 1.54) is 0 Å². The van der Waals surface area contributed by atoms with Crippen LogP contribution < -0.4 is 5.43 Å². The first-order valence-corrected chi connectivity index (χ1v) is 10.5. The molecule has 0 aliphatic carbocycles. The van der Waals surface area contributed by atoms with E-state index < -0.39 is 0 Å². The zero-order chi connectivity index (χ0) is 21.7. The van der Waals surface area contributed by atoms with E-state index in [0.717, 1.165) is 26.2 Å². The van der Waals surface area contributed by atoms with Crippen molar-refractivity contribution in [1.82, 2.24) is 9.99 Å². The zero-order valence-corrected chi connectivity index (χ0v) is 19.1. The minimum absolute atomic E-state index is 0.265. The van der Waals surface area contributed by atoms with Gasteiger partial charge in [-0.3, -0.25) is 4.79 Å². The summed E-state index contributed by atoms with van der Waals surface area (Å²) in [6.07, 6.45) is 1.62. The number of nitrogens with zero attached hydrogens (tertiary/aromatic N) is 2. The molecular formula is C23H22IN3O3. The van der Waals surface area contributed by atoms with Gasteiger partial charge >= 0.3 is 5.97 Å². The second-order valence-electron chi connectivity index (χ2n) is 6.64. The van der Waals surface area contributed by atoms with Gasteiger partial charge < -0.3 is 9.30 Å². The molecule has 0 aliphatic heterocycles. The highest BCUT2D eigenvalue weighted by Gasteiger charge is 2.13. The zero-order valence-electron chi connectivity index (χ0n) is 17.0. The molecule has 0 spiro atoms. The summed E-state index contributed by atoms with van der Waals surface area (Å²) >= 11 is 2.19. The van der Waals surface area contributed by atoms with Gasteiger partial charge in [0.1, 0.15) is 0 Å². The average molecular weight is 515 g/mol. The van der Waals surface area contributed by atoms with Crippen molar-refractivity contribution in [1.29, 1.82) is 0 Å². The van der Waals surface area contributed by atoms with Crippen molar-refractivity contribution in [2.45, 2.75) is 20.8 Å². The molecule has 0 saturated carbocycles. The number of hydrogen-bond acceptors (Lipinski definition) is 4. The number of halogens is 1. The molecule has 0 unspecified atom stereocenters. The van der Waals surface area contributed by atoms with E-state index in [0.29, 0.717) is 17.7 Å². The monoisotopic (exact) mass is 515 g/mol. The van der Waals surface area contributed by atoms with Crippen LogP contribution in [0.2, 0.25) is 0 Å². The predicted octanol–water partition coefficient (Wildman–Crippen LogP) is 4.64. The molecule has 0 radical (unpaired) electrons. The summed E-state index contributed by atoms with van der Waals surface area (Å²) in [5.41, 5.74) is 7.27. The van der Waals surface area contributed by atoms with Crippen molar-refractivity contribution in [2.24, 2.45) is 5.10 Å². The number of amides is 1. The Morgan fingerprint density at radius 2 is 1.83 bits per heavy atom. The van der Waals surface area contributed by atoms with Crippen molar-refractivity contribution in [3.05, 3.63) is 86.2 Å². The molecule has 0 bridgehead atoms. The van der Waals surface area contributed by atoms with Crippen LogP contribution in [-0.4, -0.2) is 29.3 Å². The Bertz CT molecular complexity index is 1100. The van der Waals surface area contributed by atoms with E-state index >= 15 is 0 Å². The number of ether oxygens (including phenoxy) is 1. The Kier molecular flexibility index (Phi) is 7.04. The molecule has 1 heterocycles. The summed E-state index contributed by atoms with van der Waals surface area (Å²) < 4.78 is 8.19. The number of hydrogen-bond donors (Lipinski definition) is 1. The van der Waals surface area contributed by atoms with Gasteiger partial charge in [0.05, 0.1) is 18.4 Å². The first kappa shape index (κ1) is 21.8. The lowest BCUT2D eigenvalue weighted by molar-refractivity contribution is 0.0526. The van der Waals surface area contributed by atoms with Gasteiger partial charge in [-0.15, -0.1) is 0 Å². The van der Waals surface area contributed by atoms with Crippen LogP contribution >= 0.6 is 22.6 Å². The van der Waals surface area contributed by atoms with Crippen molar-refractivity contribution in [2.75, 3.05) is 6.61 Å². The number of esters is 1. The van der Waals surface area contributed by atoms with Crippen LogP contribution in [0.3, 0.4) is 0 Å². The predicted molar refractivity (Wildman–Crippen MR) is 125 cm³/mol. The minimum Gasteiger partial charge on any atom is -0.462 e. The second-order valence-corrected chi connectivity index (χ2v) is 7.88. The van der Waals surface area contributed by atoms with Gasteiger partial charge in [0, 0.05) is 31.8 Å². The van der Waals surface area contributed by atoms with Gasteiger partial charge in [0.15, 0.2) is 0 Å². The van der Waals surface area contributed by atoms with Crippen LogP contribution in [0.5, 0.6) is 0 Å². The average Bonchev–Trinajstić information content (AvgIpc) is 3.02. The highest BCUT2D eigenvalue weighted by Crippen LogP contribution is 2.21. The number of aromatic nitrogens is 1. The summed E-state index contributed by atoms with van der Waals surface area (Å²) in [4.78, 5) is 24.3. The largest absolute Gasteiger partial charge is 0.462 e. The SMILES string of the molecule is CCOC(=O)c1cccc(-n2c(C)cc(/C=N\NC(=O)c3ccc(I)cc3)c2C)c1. The topological polar surface area (TPSA) is 72.7 Å². The number of aryl methyl sites for hydroxylation is 1. The first-order chi connectivity index (χ1) is 14.4. The third kappa shape index (κ3) is 4.96. The van der Waals surface area contributed by atoms with Gasteiger partial charge in [-0.25, -0.2) is 10.2 Å². The fourth-order valence-corrected chi connectivity index (χ4v) is 3.49. The number of nitrogens with one attached hydrogen (secondary N) is 1. The van der Waals surface area contributed by atoms with E-state index in [-0.39, 0.29) is 11.9 Å². The summed E-state index contributed by atoms with van der Waals surface area (Å²) in [5.74, 6) is -0.611. The molecule has 0 fully saturated rings. The molecule has 1 aromatic heterocycles. The number of carbonyl (C=O) groups is 2. The van der Waals surface area contributed by atoms with Gasteiger partial charge in [0.25, 0.3) is 5.91 Å². The van der Waals surface area contributed by atoms with Gasteiger partial charge in [0.2, 0.25) is 0 Å². The number of hydrazone groups is 1. The van der Waals surface area contributed by atoms with Crippen molar-refractivity contribution < 1.29 is 14.3 Å². The molecular weight excluding hydrogens is 493 g/mol. The smallest absolute Gasteiger partial charge is 0.338 e. The first-order valence-electron chi connectivity index (χ1n) is 9.46. The lowest BCUT2D eigenvalue weighted by Gasteiger charge is -2.11. The molecule has 1 N–H and O–H groups in total. The maximum Gasteiger partial charge on any atom is 0.338 e. The Labute approximate surface area is 189 Å². The molecule has 3 aromatic rings. The quantitative estimate of drug-likeness (QED) is 0.225. The molecule has 30 heavy (non-hydrogen) atoms. The lowest BCUT2D eigenvalue weighted by Crippen LogP contribution is -2.17. The molecule has 6 nitrogen and oxygen atoms in total. The molecule has 0 atom stereocenters. The fraction of sp³-hybridized carbons (Fsp3) is 0.174. The highest BCUT2D eigenvalue weighted by molar-refractivity contribution is 14.1. The molecule has 7 heteroatoms. The van der Waals surface area contributed by atoms with E-state index in [1.54, 1.807) is 37.4 Å². The third-order valence-corrected chi connectivity index (χ3v) is 5.28. The number of benzene rings is 2. The van der Waals surface area contributed by atoms with E-state index in [2.05, 4.69) is 33.1 Å². The van der Waals surface area contributed by atoms with Crippen molar-refractivity contribution >= 4 is 40.7 Å².